The summed E-state index contributed by atoms with van der Waals surface area (Å²) in [5, 5.41) is 12.5. The second kappa shape index (κ2) is 10.4. The fourth-order valence-electron chi connectivity index (χ4n) is 2.38. The van der Waals surface area contributed by atoms with Crippen LogP contribution in [0.3, 0.4) is 0 Å². The van der Waals surface area contributed by atoms with E-state index in [2.05, 4.69) is 20.8 Å². The van der Waals surface area contributed by atoms with Crippen molar-refractivity contribution in [2.75, 3.05) is 25.4 Å². The van der Waals surface area contributed by atoms with E-state index < -0.39 is 22.0 Å². The summed E-state index contributed by atoms with van der Waals surface area (Å²) in [4.78, 5) is 23.1. The lowest BCUT2D eigenvalue weighted by atomic mass is 10.2. The third-order valence-corrected chi connectivity index (χ3v) is 6.61. The molecule has 1 aromatic carbocycles. The number of hydrogen-bond acceptors (Lipinski definition) is 8. The highest BCUT2D eigenvalue weighted by atomic mass is 32.2. The maximum Gasteiger partial charge on any atom is 0.321 e. The minimum atomic E-state index is -3.62. The normalized spacial score (nSPS) is 11.4. The van der Waals surface area contributed by atoms with E-state index >= 15 is 0 Å². The monoisotopic (exact) mass is 441 g/mol. The molecule has 12 heteroatoms. The first kappa shape index (κ1) is 22.8. The van der Waals surface area contributed by atoms with Gasteiger partial charge in [-0.1, -0.05) is 31.7 Å². The van der Waals surface area contributed by atoms with Crippen LogP contribution in [0.1, 0.15) is 20.8 Å². The topological polar surface area (TPSA) is 134 Å². The van der Waals surface area contributed by atoms with Crippen LogP contribution in [0.15, 0.2) is 38.8 Å². The fourth-order valence-corrected chi connectivity index (χ4v) is 4.45. The van der Waals surface area contributed by atoms with Crippen molar-refractivity contribution in [1.82, 2.24) is 25.1 Å². The van der Waals surface area contributed by atoms with Crippen molar-refractivity contribution in [3.63, 3.8) is 0 Å². The number of hydrogen-bond donors (Lipinski definition) is 2. The molecule has 3 amide bonds. The van der Waals surface area contributed by atoms with Gasteiger partial charge < -0.3 is 9.73 Å². The van der Waals surface area contributed by atoms with Gasteiger partial charge >= 0.3 is 6.03 Å². The number of rotatable bonds is 9. The van der Waals surface area contributed by atoms with Gasteiger partial charge in [0.1, 0.15) is 0 Å². The van der Waals surface area contributed by atoms with E-state index in [4.69, 9.17) is 4.42 Å². The number of urea groups is 1. The van der Waals surface area contributed by atoms with E-state index in [1.807, 2.05) is 0 Å². The first-order valence-corrected chi connectivity index (χ1v) is 11.4. The minimum absolute atomic E-state index is 0.0881. The van der Waals surface area contributed by atoms with Gasteiger partial charge in [-0.2, -0.15) is 4.31 Å². The molecule has 158 valence electrons. The van der Waals surface area contributed by atoms with E-state index in [1.54, 1.807) is 32.9 Å². The van der Waals surface area contributed by atoms with Gasteiger partial charge in [0.05, 0.1) is 10.6 Å². The van der Waals surface area contributed by atoms with Gasteiger partial charge in [0.15, 0.2) is 0 Å². The predicted molar refractivity (Wildman–Crippen MR) is 108 cm³/mol. The molecule has 0 bridgehead atoms. The number of benzene rings is 1. The van der Waals surface area contributed by atoms with E-state index in [0.717, 1.165) is 11.8 Å². The highest BCUT2D eigenvalue weighted by Gasteiger charge is 2.22. The van der Waals surface area contributed by atoms with E-state index in [0.29, 0.717) is 25.2 Å². The Morgan fingerprint density at radius 3 is 2.55 bits per heavy atom. The van der Waals surface area contributed by atoms with Crippen molar-refractivity contribution in [2.45, 2.75) is 30.9 Å². The Labute approximate surface area is 173 Å². The summed E-state index contributed by atoms with van der Waals surface area (Å²) >= 11 is 0.967. The molecule has 0 unspecified atom stereocenters. The second-order valence-corrected chi connectivity index (χ2v) is 8.55. The Bertz CT molecular complexity index is 957. The number of nitrogens with one attached hydrogen (secondary N) is 2. The van der Waals surface area contributed by atoms with Gasteiger partial charge in [-0.15, -0.1) is 10.2 Å². The van der Waals surface area contributed by atoms with Crippen molar-refractivity contribution >= 4 is 33.7 Å². The van der Waals surface area contributed by atoms with Crippen LogP contribution in [0.4, 0.5) is 4.79 Å². The Balaban J connectivity index is 2.09. The molecule has 2 aromatic rings. The van der Waals surface area contributed by atoms with Crippen LogP contribution < -0.4 is 10.6 Å². The summed E-state index contributed by atoms with van der Waals surface area (Å²) in [6.45, 7) is 6.41. The van der Waals surface area contributed by atoms with Crippen molar-refractivity contribution in [2.24, 2.45) is 0 Å². The Kier molecular flexibility index (Phi) is 8.17. The summed E-state index contributed by atoms with van der Waals surface area (Å²) in [5.41, 5.74) is 0.448. The molecule has 0 aliphatic heterocycles. The van der Waals surface area contributed by atoms with Gasteiger partial charge in [0, 0.05) is 25.2 Å². The molecule has 0 saturated carbocycles. The molecule has 0 radical (unpaired) electrons. The number of carbonyl (C=O) groups is 2. The zero-order chi connectivity index (χ0) is 21.4. The largest absolute Gasteiger partial charge is 0.411 e. The lowest BCUT2D eigenvalue weighted by molar-refractivity contribution is -0.117. The van der Waals surface area contributed by atoms with Crippen LogP contribution in [-0.4, -0.2) is 60.2 Å². The standard InChI is InChI=1S/C17H23N5O5S2/c1-4-18-16(24)19-14(23)11-28-17-21-20-15(27-17)12-8-7-9-13(10-12)29(25,26)22(5-2)6-3/h7-10H,4-6,11H2,1-3H3,(H2,18,19,23,24). The highest BCUT2D eigenvalue weighted by molar-refractivity contribution is 7.99. The van der Waals surface area contributed by atoms with Crippen LogP contribution in [-0.2, 0) is 14.8 Å². The second-order valence-electron chi connectivity index (χ2n) is 5.69. The van der Waals surface area contributed by atoms with Crippen LogP contribution >= 0.6 is 11.8 Å². The molecule has 0 spiro atoms. The van der Waals surface area contributed by atoms with Gasteiger partial charge in [0.25, 0.3) is 5.22 Å². The number of amides is 3. The number of imide groups is 1. The molecule has 0 aliphatic rings. The lowest BCUT2D eigenvalue weighted by Gasteiger charge is -2.18. The molecule has 0 saturated heterocycles. The summed E-state index contributed by atoms with van der Waals surface area (Å²) in [6, 6.07) is 5.66. The number of carbonyl (C=O) groups excluding carboxylic acids is 2. The molecule has 2 N–H and O–H groups in total. The summed E-state index contributed by atoms with van der Waals surface area (Å²) in [6.07, 6.45) is 0. The maximum absolute atomic E-state index is 12.7. The number of thioether (sulfide) groups is 1. The summed E-state index contributed by atoms with van der Waals surface area (Å²) < 4.78 is 32.2. The van der Waals surface area contributed by atoms with Crippen LogP contribution in [0.25, 0.3) is 11.5 Å². The van der Waals surface area contributed by atoms with Gasteiger partial charge in [-0.3, -0.25) is 10.1 Å². The number of aromatic nitrogens is 2. The zero-order valence-electron chi connectivity index (χ0n) is 16.3. The first-order chi connectivity index (χ1) is 13.8. The maximum atomic E-state index is 12.7. The van der Waals surface area contributed by atoms with Gasteiger partial charge in [-0.25, -0.2) is 13.2 Å². The van der Waals surface area contributed by atoms with Gasteiger partial charge in [0.2, 0.25) is 21.8 Å². The molecule has 10 nitrogen and oxygen atoms in total. The molecule has 0 fully saturated rings. The molecule has 0 atom stereocenters. The molecular weight excluding hydrogens is 418 g/mol. The van der Waals surface area contributed by atoms with Crippen LogP contribution in [0.2, 0.25) is 0 Å². The Morgan fingerprint density at radius 2 is 1.90 bits per heavy atom. The SMILES string of the molecule is CCNC(=O)NC(=O)CSc1nnc(-c2cccc(S(=O)(=O)N(CC)CC)c2)o1. The molecule has 1 aromatic heterocycles. The van der Waals surface area contributed by atoms with Crippen molar-refractivity contribution in [1.29, 1.82) is 0 Å². The molecular formula is C17H23N5O5S2. The van der Waals surface area contributed by atoms with Crippen LogP contribution in [0, 0.1) is 0 Å². The highest BCUT2D eigenvalue weighted by Crippen LogP contribution is 2.26. The van der Waals surface area contributed by atoms with E-state index in [-0.39, 0.29) is 21.8 Å². The Morgan fingerprint density at radius 1 is 1.17 bits per heavy atom. The van der Waals surface area contributed by atoms with E-state index in [9.17, 15) is 18.0 Å². The first-order valence-electron chi connectivity index (χ1n) is 8.96. The van der Waals surface area contributed by atoms with Crippen molar-refractivity contribution in [3.05, 3.63) is 24.3 Å². The zero-order valence-corrected chi connectivity index (χ0v) is 18.0. The lowest BCUT2D eigenvalue weighted by Crippen LogP contribution is -2.40. The predicted octanol–water partition coefficient (Wildman–Crippen LogP) is 1.70. The molecule has 0 aliphatic carbocycles. The number of sulfonamides is 1. The average Bonchev–Trinajstić information content (AvgIpc) is 3.16. The minimum Gasteiger partial charge on any atom is -0.411 e. The average molecular weight is 442 g/mol. The summed E-state index contributed by atoms with van der Waals surface area (Å²) in [5.74, 6) is -0.462. The quantitative estimate of drug-likeness (QED) is 0.562. The smallest absolute Gasteiger partial charge is 0.321 e. The Hall–Kier alpha value is -2.44. The molecule has 29 heavy (non-hydrogen) atoms. The van der Waals surface area contributed by atoms with Crippen molar-refractivity contribution in [3.8, 4) is 11.5 Å². The third kappa shape index (κ3) is 6.02. The molecule has 2 rings (SSSR count). The van der Waals surface area contributed by atoms with E-state index in [1.165, 1.54) is 16.4 Å². The molecule has 1 heterocycles. The van der Waals surface area contributed by atoms with Gasteiger partial charge in [-0.05, 0) is 25.1 Å². The summed E-state index contributed by atoms with van der Waals surface area (Å²) in [7, 11) is -3.62. The van der Waals surface area contributed by atoms with Crippen molar-refractivity contribution < 1.29 is 22.4 Å². The number of nitrogens with zero attached hydrogens (tertiary/aromatic N) is 3. The van der Waals surface area contributed by atoms with Crippen LogP contribution in [0.5, 0.6) is 0 Å². The third-order valence-electron chi connectivity index (χ3n) is 3.75. The fraction of sp³-hybridized carbons (Fsp3) is 0.412.